The van der Waals surface area contributed by atoms with Crippen molar-refractivity contribution in [3.63, 3.8) is 0 Å². The molecule has 21 atom stereocenters. The van der Waals surface area contributed by atoms with Crippen molar-refractivity contribution in [1.29, 1.82) is 0 Å². The van der Waals surface area contributed by atoms with Gasteiger partial charge in [0.1, 0.15) is 103 Å². The zero-order chi connectivity index (χ0) is 80.7. The average Bonchev–Trinajstić information content (AvgIpc) is 0.792. The van der Waals surface area contributed by atoms with E-state index in [1.807, 2.05) is 4.90 Å². The van der Waals surface area contributed by atoms with E-state index in [0.717, 1.165) is 0 Å². The number of fused-ring (bicyclic) bond motifs is 1. The Kier molecular flexibility index (Phi) is 38.0. The van der Waals surface area contributed by atoms with E-state index in [9.17, 15) is 94.8 Å². The molecule has 0 spiro atoms. The Labute approximate surface area is 635 Å². The largest absolute Gasteiger partial charge is 0.466 e. The SMILES string of the molecule is Cc1nc(N)c2nc(CN(C)c3ccc(C(=O)N[C@H](CCC(=O)OCCCCCC(=O)NCCOCCOC4O[C@@H](CO)[C@@H](O)[C@H](O)[C@@H]4O[C@H]4O[C@H](CO)[C@@H](O)[C@H](NOC=O)[C@@H]4O)C(=O)OCCCCCC(=O)NCCOCCOC4O[C@H](CO)[C@H](O)[C@@H](O)[C@H]4O[C@@H]4O[C@@H](CO)[C@H](O)[C@@H](OC(N)=O)[C@H]4O)cc3)cnc2n1. The van der Waals surface area contributed by atoms with E-state index in [1.165, 1.54) is 0 Å². The van der Waals surface area contributed by atoms with Gasteiger partial charge in [-0.2, -0.15) is 0 Å². The van der Waals surface area contributed by atoms with Gasteiger partial charge in [0.05, 0.1) is 97.7 Å². The fraction of sp³-hybridized carbons (Fsp3) is 0.716. The van der Waals surface area contributed by atoms with Crippen LogP contribution in [-0.2, 0) is 96.9 Å². The Hall–Kier alpha value is -7.59. The van der Waals surface area contributed by atoms with Gasteiger partial charge in [0.2, 0.25) is 11.8 Å². The van der Waals surface area contributed by atoms with Crippen molar-refractivity contribution in [1.82, 2.24) is 41.4 Å². The molecule has 0 bridgehead atoms. The van der Waals surface area contributed by atoms with Crippen LogP contribution in [0.5, 0.6) is 0 Å². The normalized spacial score (nSPS) is 28.3. The molecular weight excluding hydrogens is 1490 g/mol. The van der Waals surface area contributed by atoms with Crippen LogP contribution >= 0.6 is 0 Å². The lowest BCUT2D eigenvalue weighted by atomic mass is 9.96. The molecule has 4 amide bonds. The van der Waals surface area contributed by atoms with E-state index >= 15 is 0 Å². The van der Waals surface area contributed by atoms with Crippen molar-refractivity contribution >= 4 is 64.9 Å². The van der Waals surface area contributed by atoms with E-state index in [0.29, 0.717) is 73.4 Å². The minimum absolute atomic E-state index is 0.00604. The highest BCUT2D eigenvalue weighted by atomic mass is 16.8. The lowest BCUT2D eigenvalue weighted by Gasteiger charge is -2.46. The number of aryl methyl sites for hydroxylation is 1. The monoisotopic (exact) mass is 1590 g/mol. The van der Waals surface area contributed by atoms with Gasteiger partial charge in [0, 0.05) is 50.7 Å². The van der Waals surface area contributed by atoms with Crippen LogP contribution in [-0.4, -0.2) is 352 Å². The molecule has 0 saturated carbocycles. The van der Waals surface area contributed by atoms with Crippen molar-refractivity contribution in [3.05, 3.63) is 47.5 Å². The van der Waals surface area contributed by atoms with E-state index in [1.54, 1.807) is 44.4 Å². The number of aromatic nitrogens is 4. The molecule has 44 heteroatoms. The first-order valence-electron chi connectivity index (χ1n) is 36.0. The molecule has 6 heterocycles. The number of aliphatic hydroxyl groups excluding tert-OH is 12. The molecule has 2 unspecified atom stereocenters. The van der Waals surface area contributed by atoms with Crippen LogP contribution in [0.25, 0.3) is 11.2 Å². The second-order valence-electron chi connectivity index (χ2n) is 26.1. The lowest BCUT2D eigenvalue weighted by Crippen LogP contribution is -2.67. The van der Waals surface area contributed by atoms with E-state index in [4.69, 9.17) is 73.0 Å². The van der Waals surface area contributed by atoms with Gasteiger partial charge in [0.25, 0.3) is 5.91 Å². The summed E-state index contributed by atoms with van der Waals surface area (Å²) >= 11 is 0. The second kappa shape index (κ2) is 46.6. The number of rotatable bonds is 47. The summed E-state index contributed by atoms with van der Waals surface area (Å²) in [6.45, 7) is -1.55. The topological polar surface area (TPSA) is 646 Å². The van der Waals surface area contributed by atoms with Crippen molar-refractivity contribution in [2.45, 2.75) is 206 Å². The molecule has 111 heavy (non-hydrogen) atoms. The lowest BCUT2D eigenvalue weighted by molar-refractivity contribution is -0.367. The number of carbonyl (C=O) groups is 7. The molecule has 624 valence electrons. The number of nitrogens with zero attached hydrogens (tertiary/aromatic N) is 5. The Morgan fingerprint density at radius 3 is 1.65 bits per heavy atom. The van der Waals surface area contributed by atoms with E-state index in [-0.39, 0.29) is 121 Å². The summed E-state index contributed by atoms with van der Waals surface area (Å²) in [5.41, 5.74) is 15.5. The van der Waals surface area contributed by atoms with Crippen molar-refractivity contribution in [2.24, 2.45) is 5.73 Å². The van der Waals surface area contributed by atoms with Gasteiger partial charge in [-0.05, 0) is 76.1 Å². The third-order valence-corrected chi connectivity index (χ3v) is 18.0. The van der Waals surface area contributed by atoms with Crippen LogP contribution in [0.15, 0.2) is 30.5 Å². The Morgan fingerprint density at radius 2 is 1.11 bits per heavy atom. The number of amides is 4. The Bertz CT molecular complexity index is 3370. The standard InChI is InChI=1S/C67H103N11O33/c1-34-73-59(68)47-60(74-34)72-27-36(75-47)28-78(2)37-13-11-35(12-14-37)61(95)76-38(62(96)101-20-8-4-6-10-44(85)71-18-22-99-24-26-103-66-58(54(93)50(89)41(31-81)108-66)110-64-55(94)56(111-67(69)97)51(90)42(32-82)106-64)15-16-45(86)100-19-7-3-5-9-43(84)70-17-21-98-23-25-102-65-57(53(92)49(88)40(30-80)107-65)109-63-52(91)46(77-104-33-83)48(87)39(29-79)105-63/h11-14,27,33,38-42,46,48-58,63-66,77,79-82,87-94H,3-10,15-26,28-32H2,1-2H3,(H2,69,97)(H,70,84)(H,71,85)(H,76,95)(H2,68,72,73,74)/t38-,39-,40+,41-,42+,46+,48-,49-,50+,51+,52+,53+,54-,55-,56-,57+,58-,63-,64+,65?,66?/m1/s1. The number of hydroxylamine groups is 1. The summed E-state index contributed by atoms with van der Waals surface area (Å²) in [6.07, 6.45) is -28.5. The predicted octanol–water partition coefficient (Wildman–Crippen LogP) is -7.63. The molecule has 1 aromatic carbocycles. The zero-order valence-corrected chi connectivity index (χ0v) is 61.1. The molecule has 4 aliphatic heterocycles. The first-order chi connectivity index (χ1) is 53.3. The minimum Gasteiger partial charge on any atom is -0.466 e. The van der Waals surface area contributed by atoms with E-state index in [2.05, 4.69) is 46.2 Å². The zero-order valence-electron chi connectivity index (χ0n) is 61.1. The molecule has 4 aliphatic rings. The number of nitrogen functional groups attached to an aromatic ring is 1. The maximum absolute atomic E-state index is 13.7. The molecule has 44 nitrogen and oxygen atoms in total. The van der Waals surface area contributed by atoms with Crippen molar-refractivity contribution in [3.8, 4) is 0 Å². The van der Waals surface area contributed by atoms with Gasteiger partial charge in [-0.25, -0.2) is 29.5 Å². The number of aliphatic hydroxyl groups is 12. The van der Waals surface area contributed by atoms with Crippen LogP contribution in [0.1, 0.15) is 86.1 Å². The van der Waals surface area contributed by atoms with Crippen molar-refractivity contribution in [2.75, 3.05) is 110 Å². The first kappa shape index (κ1) is 90.6. The number of hydrogen-bond acceptors (Lipinski definition) is 40. The molecule has 4 saturated heterocycles. The van der Waals surface area contributed by atoms with Gasteiger partial charge >= 0.3 is 24.5 Å². The summed E-state index contributed by atoms with van der Waals surface area (Å²) in [7, 11) is 1.81. The minimum atomic E-state index is -1.92. The average molecular weight is 1590 g/mol. The number of ether oxygens (including phenoxy) is 13. The Balaban J connectivity index is 0.795. The van der Waals surface area contributed by atoms with Gasteiger partial charge in [-0.1, -0.05) is 0 Å². The number of nitrogens with one attached hydrogen (secondary N) is 4. The number of unbranched alkanes of at least 4 members (excludes halogenated alkanes) is 4. The first-order valence-corrected chi connectivity index (χ1v) is 36.0. The molecule has 20 N–H and O–H groups in total. The fourth-order valence-corrected chi connectivity index (χ4v) is 12.0. The Morgan fingerprint density at radius 1 is 0.586 bits per heavy atom. The predicted molar refractivity (Wildman–Crippen MR) is 371 cm³/mol. The summed E-state index contributed by atoms with van der Waals surface area (Å²) < 4.78 is 71.9. The van der Waals surface area contributed by atoms with E-state index < -0.39 is 179 Å². The molecule has 3 aromatic rings. The maximum atomic E-state index is 13.7. The summed E-state index contributed by atoms with van der Waals surface area (Å²) in [5.74, 6) is -2.08. The summed E-state index contributed by atoms with van der Waals surface area (Å²) in [5, 5.41) is 133. The van der Waals surface area contributed by atoms with Crippen molar-refractivity contribution < 1.29 is 161 Å². The highest BCUT2D eigenvalue weighted by Gasteiger charge is 2.54. The highest BCUT2D eigenvalue weighted by molar-refractivity contribution is 5.97. The number of primary amides is 1. The maximum Gasteiger partial charge on any atom is 0.404 e. The van der Waals surface area contributed by atoms with Gasteiger partial charge in [-0.3, -0.25) is 24.0 Å². The second-order valence-corrected chi connectivity index (χ2v) is 26.1. The van der Waals surface area contributed by atoms with Crippen LogP contribution in [0.2, 0.25) is 0 Å². The summed E-state index contributed by atoms with van der Waals surface area (Å²) in [6, 6.07) is 3.77. The summed E-state index contributed by atoms with van der Waals surface area (Å²) in [4.78, 5) is 112. The van der Waals surface area contributed by atoms with Crippen LogP contribution in [0.3, 0.4) is 0 Å². The number of nitrogens with two attached hydrogens (primary N) is 2. The number of carbonyl (C=O) groups excluding carboxylic acids is 7. The smallest absolute Gasteiger partial charge is 0.404 e. The quantitative estimate of drug-likeness (QED) is 0.00821. The van der Waals surface area contributed by atoms with Gasteiger partial charge in [-0.15, -0.1) is 5.48 Å². The molecule has 2 aromatic heterocycles. The van der Waals surface area contributed by atoms with Crippen LogP contribution in [0.4, 0.5) is 16.3 Å². The number of hydrogen-bond donors (Lipinski definition) is 18. The molecule has 0 aliphatic carbocycles. The van der Waals surface area contributed by atoms with Gasteiger partial charge in [0.15, 0.2) is 48.2 Å². The fourth-order valence-electron chi connectivity index (χ4n) is 12.0. The molecule has 7 rings (SSSR count). The van der Waals surface area contributed by atoms with Gasteiger partial charge < -0.3 is 160 Å². The molecule has 4 fully saturated rings. The third kappa shape index (κ3) is 27.3. The third-order valence-electron chi connectivity index (χ3n) is 18.0. The van der Waals surface area contributed by atoms with Crippen LogP contribution in [0, 0.1) is 6.92 Å². The number of esters is 2. The highest BCUT2D eigenvalue weighted by Crippen LogP contribution is 2.33. The number of anilines is 2. The molecular formula is C67H103N11O33. The number of benzene rings is 1. The van der Waals surface area contributed by atoms with Crippen LogP contribution < -0.4 is 37.8 Å². The molecule has 0 radical (unpaired) electrons.